The summed E-state index contributed by atoms with van der Waals surface area (Å²) in [5, 5.41) is 12.1. The molecule has 1 saturated carbocycles. The van der Waals surface area contributed by atoms with Gasteiger partial charge in [-0.3, -0.25) is 9.89 Å². The van der Waals surface area contributed by atoms with Crippen molar-refractivity contribution in [3.8, 4) is 0 Å². The first-order valence-electron chi connectivity index (χ1n) is 6.10. The molecule has 0 unspecified atom stereocenters. The number of hydrogen-bond donors (Lipinski definition) is 2. The van der Waals surface area contributed by atoms with E-state index in [0.29, 0.717) is 5.69 Å². The number of H-pyrrole nitrogens is 1. The van der Waals surface area contributed by atoms with E-state index in [4.69, 9.17) is 5.11 Å². The number of nitrogens with zero attached hydrogens (tertiary/aromatic N) is 1. The number of aromatic amines is 1. The zero-order valence-corrected chi connectivity index (χ0v) is 10.2. The maximum atomic E-state index is 12.1. The van der Waals surface area contributed by atoms with Crippen LogP contribution in [0, 0.1) is 0 Å². The summed E-state index contributed by atoms with van der Waals surface area (Å²) >= 11 is 0. The van der Waals surface area contributed by atoms with Gasteiger partial charge < -0.3 is 5.11 Å². The predicted octanol–water partition coefficient (Wildman–Crippen LogP) is 2.11. The predicted molar refractivity (Wildman–Crippen MR) is 63.6 cm³/mol. The van der Waals surface area contributed by atoms with Gasteiger partial charge in [-0.1, -0.05) is 26.7 Å². The van der Waals surface area contributed by atoms with Gasteiger partial charge in [-0.05, 0) is 18.8 Å². The lowest BCUT2D eigenvalue weighted by molar-refractivity contribution is 0.0693. The average Bonchev–Trinajstić information content (AvgIpc) is 2.83. The van der Waals surface area contributed by atoms with Crippen LogP contribution in [0.1, 0.15) is 67.5 Å². The molecule has 1 aliphatic carbocycles. The van der Waals surface area contributed by atoms with E-state index in [1.165, 1.54) is 4.68 Å². The largest absolute Gasteiger partial charge is 0.477 e. The lowest BCUT2D eigenvalue weighted by atomic mass is 10.1. The van der Waals surface area contributed by atoms with Crippen molar-refractivity contribution in [3.05, 3.63) is 21.6 Å². The van der Waals surface area contributed by atoms with Crippen molar-refractivity contribution in [2.45, 2.75) is 51.5 Å². The molecule has 0 aliphatic heterocycles. The Morgan fingerprint density at radius 1 is 1.41 bits per heavy atom. The number of carbonyl (C=O) groups is 1. The summed E-state index contributed by atoms with van der Waals surface area (Å²) in [6, 6.07) is 0.146. The third kappa shape index (κ3) is 2.01. The highest BCUT2D eigenvalue weighted by atomic mass is 16.4. The molecule has 5 nitrogen and oxygen atoms in total. The normalized spacial score (nSPS) is 16.9. The molecule has 1 aromatic heterocycles. The fourth-order valence-corrected chi connectivity index (χ4v) is 2.52. The van der Waals surface area contributed by atoms with Gasteiger partial charge in [-0.25, -0.2) is 9.48 Å². The minimum atomic E-state index is -1.13. The minimum Gasteiger partial charge on any atom is -0.477 e. The Morgan fingerprint density at radius 3 is 2.41 bits per heavy atom. The van der Waals surface area contributed by atoms with Gasteiger partial charge in [0.1, 0.15) is 5.56 Å². The summed E-state index contributed by atoms with van der Waals surface area (Å²) in [4.78, 5) is 23.2. The molecule has 0 radical (unpaired) electrons. The van der Waals surface area contributed by atoms with E-state index < -0.39 is 5.97 Å². The lowest BCUT2D eigenvalue weighted by Crippen LogP contribution is -2.24. The Kier molecular flexibility index (Phi) is 3.09. The minimum absolute atomic E-state index is 0.0106. The van der Waals surface area contributed by atoms with Gasteiger partial charge >= 0.3 is 5.97 Å². The molecule has 1 heterocycles. The maximum absolute atomic E-state index is 12.1. The Balaban J connectivity index is 2.51. The van der Waals surface area contributed by atoms with E-state index in [9.17, 15) is 9.59 Å². The molecule has 0 aromatic carbocycles. The zero-order chi connectivity index (χ0) is 12.6. The van der Waals surface area contributed by atoms with Crippen molar-refractivity contribution in [1.29, 1.82) is 0 Å². The van der Waals surface area contributed by atoms with Crippen LogP contribution < -0.4 is 5.56 Å². The zero-order valence-electron chi connectivity index (χ0n) is 10.2. The van der Waals surface area contributed by atoms with E-state index >= 15 is 0 Å². The van der Waals surface area contributed by atoms with Crippen LogP contribution in [-0.4, -0.2) is 20.9 Å². The van der Waals surface area contributed by atoms with Crippen LogP contribution >= 0.6 is 0 Å². The second-order valence-corrected chi connectivity index (χ2v) is 4.97. The monoisotopic (exact) mass is 238 g/mol. The van der Waals surface area contributed by atoms with Crippen molar-refractivity contribution in [2.24, 2.45) is 0 Å². The summed E-state index contributed by atoms with van der Waals surface area (Å²) in [5.74, 6) is -1.12. The molecule has 94 valence electrons. The van der Waals surface area contributed by atoms with Gasteiger partial charge in [0.15, 0.2) is 0 Å². The van der Waals surface area contributed by atoms with Crippen molar-refractivity contribution in [3.63, 3.8) is 0 Å². The van der Waals surface area contributed by atoms with E-state index in [0.717, 1.165) is 25.7 Å². The molecule has 0 amide bonds. The van der Waals surface area contributed by atoms with Gasteiger partial charge in [0.25, 0.3) is 5.56 Å². The van der Waals surface area contributed by atoms with E-state index in [1.54, 1.807) is 0 Å². The number of carboxylic acids is 1. The molecule has 0 saturated heterocycles. The number of aromatic nitrogens is 2. The molecule has 1 aromatic rings. The number of hydrogen-bond acceptors (Lipinski definition) is 2. The molecule has 2 N–H and O–H groups in total. The number of rotatable bonds is 3. The van der Waals surface area contributed by atoms with Crippen LogP contribution in [0.25, 0.3) is 0 Å². The van der Waals surface area contributed by atoms with Gasteiger partial charge in [-0.2, -0.15) is 0 Å². The molecule has 17 heavy (non-hydrogen) atoms. The summed E-state index contributed by atoms with van der Waals surface area (Å²) < 4.78 is 1.52. The molecule has 1 aliphatic rings. The van der Waals surface area contributed by atoms with Gasteiger partial charge in [0.05, 0.1) is 11.7 Å². The first-order chi connectivity index (χ1) is 8.02. The second-order valence-electron chi connectivity index (χ2n) is 4.97. The molecular weight excluding hydrogens is 220 g/mol. The molecular formula is C12H18N2O3. The number of aromatic carboxylic acids is 1. The SMILES string of the molecule is CC(C)c1[nH]n(C2CCCC2)c(=O)c1C(=O)O. The number of nitrogens with one attached hydrogen (secondary N) is 1. The second kappa shape index (κ2) is 4.39. The fraction of sp³-hybridized carbons (Fsp3) is 0.667. The molecule has 0 bridgehead atoms. The van der Waals surface area contributed by atoms with Crippen LogP contribution in [0.2, 0.25) is 0 Å². The Morgan fingerprint density at radius 2 is 2.00 bits per heavy atom. The third-order valence-corrected chi connectivity index (χ3v) is 3.42. The lowest BCUT2D eigenvalue weighted by Gasteiger charge is -2.09. The summed E-state index contributed by atoms with van der Waals surface area (Å²) in [5.41, 5.74) is 0.0643. The summed E-state index contributed by atoms with van der Waals surface area (Å²) in [7, 11) is 0. The summed E-state index contributed by atoms with van der Waals surface area (Å²) in [6.07, 6.45) is 4.12. The highest BCUT2D eigenvalue weighted by molar-refractivity contribution is 5.88. The van der Waals surface area contributed by atoms with Crippen molar-refractivity contribution in [1.82, 2.24) is 9.78 Å². The first kappa shape index (κ1) is 12.0. The maximum Gasteiger partial charge on any atom is 0.343 e. The topological polar surface area (TPSA) is 75.1 Å². The van der Waals surface area contributed by atoms with Crippen molar-refractivity contribution >= 4 is 5.97 Å². The highest BCUT2D eigenvalue weighted by Gasteiger charge is 2.27. The fourth-order valence-electron chi connectivity index (χ4n) is 2.52. The quantitative estimate of drug-likeness (QED) is 0.846. The van der Waals surface area contributed by atoms with E-state index in [2.05, 4.69) is 5.10 Å². The molecule has 0 atom stereocenters. The summed E-state index contributed by atoms with van der Waals surface area (Å²) in [6.45, 7) is 3.77. The van der Waals surface area contributed by atoms with E-state index in [1.807, 2.05) is 13.8 Å². The van der Waals surface area contributed by atoms with Crippen LogP contribution in [0.4, 0.5) is 0 Å². The smallest absolute Gasteiger partial charge is 0.343 e. The molecule has 1 fully saturated rings. The van der Waals surface area contributed by atoms with E-state index in [-0.39, 0.29) is 23.1 Å². The standard InChI is InChI=1S/C12H18N2O3/c1-7(2)10-9(12(16)17)11(15)14(13-10)8-5-3-4-6-8/h7-8,13H,3-6H2,1-2H3,(H,16,17). The van der Waals surface area contributed by atoms with Gasteiger partial charge in [-0.15, -0.1) is 0 Å². The van der Waals surface area contributed by atoms with Gasteiger partial charge in [0, 0.05) is 0 Å². The van der Waals surface area contributed by atoms with Crippen LogP contribution in [0.3, 0.4) is 0 Å². The number of carboxylic acid groups (broad SMARTS) is 1. The van der Waals surface area contributed by atoms with Crippen LogP contribution in [0.5, 0.6) is 0 Å². The molecule has 2 rings (SSSR count). The first-order valence-corrected chi connectivity index (χ1v) is 6.10. The molecule has 5 heteroatoms. The van der Waals surface area contributed by atoms with Crippen molar-refractivity contribution in [2.75, 3.05) is 0 Å². The molecule has 0 spiro atoms. The average molecular weight is 238 g/mol. The van der Waals surface area contributed by atoms with Gasteiger partial charge in [0.2, 0.25) is 0 Å². The van der Waals surface area contributed by atoms with Crippen LogP contribution in [0.15, 0.2) is 4.79 Å². The Hall–Kier alpha value is -1.52. The highest BCUT2D eigenvalue weighted by Crippen LogP contribution is 2.28. The Bertz CT molecular complexity index is 478. The van der Waals surface area contributed by atoms with Crippen molar-refractivity contribution < 1.29 is 9.90 Å². The third-order valence-electron chi connectivity index (χ3n) is 3.42. The Labute approximate surface area is 99.4 Å². The van der Waals surface area contributed by atoms with Crippen LogP contribution in [-0.2, 0) is 0 Å².